The third kappa shape index (κ3) is 8.90. The zero-order chi connectivity index (χ0) is 34.9. The summed E-state index contributed by atoms with van der Waals surface area (Å²) in [5.41, 5.74) is 3.94. The molecular weight excluding hydrogens is 655 g/mol. The fourth-order valence-corrected chi connectivity index (χ4v) is 7.64. The number of nitrogens with one attached hydrogen (secondary N) is 5. The highest BCUT2D eigenvalue weighted by Gasteiger charge is 2.42. The first-order chi connectivity index (χ1) is 24.3. The van der Waals surface area contributed by atoms with Gasteiger partial charge in [0.05, 0.1) is 31.0 Å². The summed E-state index contributed by atoms with van der Waals surface area (Å²) in [6, 6.07) is 25.7. The maximum Gasteiger partial charge on any atom is 0.315 e. The second-order valence-electron chi connectivity index (χ2n) is 12.3. The molecule has 0 unspecified atom stereocenters. The number of hydrogen-bond donors (Lipinski definition) is 5. The Kier molecular flexibility index (Phi) is 11.5. The number of urea groups is 1. The predicted molar refractivity (Wildman–Crippen MR) is 194 cm³/mol. The van der Waals surface area contributed by atoms with Crippen molar-refractivity contribution in [2.75, 3.05) is 29.5 Å². The summed E-state index contributed by atoms with van der Waals surface area (Å²) in [5.74, 6) is 1.02. The van der Waals surface area contributed by atoms with Gasteiger partial charge in [0.25, 0.3) is 11.8 Å². The Morgan fingerprint density at radius 3 is 2.54 bits per heavy atom. The first-order valence-corrected chi connectivity index (χ1v) is 17.8. The summed E-state index contributed by atoms with van der Waals surface area (Å²) < 4.78 is 7.42. The molecule has 4 aromatic rings. The molecule has 0 saturated carbocycles. The van der Waals surface area contributed by atoms with Gasteiger partial charge in [-0.25, -0.2) is 4.79 Å². The van der Waals surface area contributed by atoms with Crippen molar-refractivity contribution in [2.24, 2.45) is 7.05 Å². The molecule has 2 saturated heterocycles. The van der Waals surface area contributed by atoms with Gasteiger partial charge in [0.2, 0.25) is 5.91 Å². The van der Waals surface area contributed by atoms with E-state index in [9.17, 15) is 19.2 Å². The minimum atomic E-state index is -0.257. The number of nitrogens with zero attached hydrogens (tertiary/aromatic N) is 2. The molecular formula is C37H41N7O5S. The Hall–Kier alpha value is -5.14. The fraction of sp³-hybridized carbons (Fsp3) is 0.324. The third-order valence-electron chi connectivity index (χ3n) is 8.76. The van der Waals surface area contributed by atoms with Gasteiger partial charge in [-0.15, -0.1) is 0 Å². The average molecular weight is 696 g/mol. The first kappa shape index (κ1) is 34.7. The van der Waals surface area contributed by atoms with Crippen molar-refractivity contribution in [3.05, 3.63) is 102 Å². The molecule has 0 radical (unpaired) electrons. The van der Waals surface area contributed by atoms with E-state index in [0.29, 0.717) is 53.1 Å². The molecule has 12 nitrogen and oxygen atoms in total. The van der Waals surface area contributed by atoms with Crippen LogP contribution < -0.4 is 26.6 Å². The molecule has 3 atom stereocenters. The minimum Gasteiger partial charge on any atom is -0.375 e. The van der Waals surface area contributed by atoms with Gasteiger partial charge in [0.15, 0.2) is 0 Å². The van der Waals surface area contributed by atoms with E-state index in [1.165, 1.54) is 0 Å². The number of carbonyl (C=O) groups excluding carboxylic acids is 4. The van der Waals surface area contributed by atoms with E-state index in [4.69, 9.17) is 4.74 Å². The minimum absolute atomic E-state index is 0.00880. The fourth-order valence-electron chi connectivity index (χ4n) is 6.10. The Labute approximate surface area is 295 Å². The van der Waals surface area contributed by atoms with E-state index in [0.717, 1.165) is 36.1 Å². The number of aryl methyl sites for hydroxylation is 1. The van der Waals surface area contributed by atoms with Crippen molar-refractivity contribution in [2.45, 2.75) is 49.6 Å². The number of unbranched alkanes of at least 4 members (excludes halogenated alkanes) is 1. The molecule has 3 aromatic carbocycles. The maximum absolute atomic E-state index is 13.2. The zero-order valence-electron chi connectivity index (χ0n) is 27.8. The summed E-state index contributed by atoms with van der Waals surface area (Å²) in [6.07, 6.45) is 3.17. The van der Waals surface area contributed by atoms with Crippen LogP contribution in [0.5, 0.6) is 0 Å². The summed E-state index contributed by atoms with van der Waals surface area (Å²) in [4.78, 5) is 49.7. The lowest BCUT2D eigenvalue weighted by Gasteiger charge is -2.16. The van der Waals surface area contributed by atoms with E-state index in [2.05, 4.69) is 31.7 Å². The Balaban J connectivity index is 0.911. The SMILES string of the molecule is Cn1nc(-c2ccc(NC(=O)c3ccccc3COCCNC(=O)CCCC[C@H]3SC[C@H]4NC(=O)N[C@H]43)cc2)cc1NC(=O)c1ccccc1. The van der Waals surface area contributed by atoms with Crippen LogP contribution in [0.2, 0.25) is 0 Å². The molecule has 50 heavy (non-hydrogen) atoms. The molecule has 6 rings (SSSR count). The Morgan fingerprint density at radius 2 is 1.72 bits per heavy atom. The van der Waals surface area contributed by atoms with Gasteiger partial charge >= 0.3 is 6.03 Å². The average Bonchev–Trinajstić information content (AvgIpc) is 3.81. The van der Waals surface area contributed by atoms with Crippen LogP contribution in [0.25, 0.3) is 11.3 Å². The number of amides is 5. The van der Waals surface area contributed by atoms with Crippen molar-refractivity contribution >= 4 is 47.0 Å². The summed E-state index contributed by atoms with van der Waals surface area (Å²) >= 11 is 1.89. The highest BCUT2D eigenvalue weighted by Crippen LogP contribution is 2.33. The second-order valence-corrected chi connectivity index (χ2v) is 13.6. The van der Waals surface area contributed by atoms with Crippen LogP contribution in [0.1, 0.15) is 52.0 Å². The van der Waals surface area contributed by atoms with Gasteiger partial charge in [-0.3, -0.25) is 19.1 Å². The van der Waals surface area contributed by atoms with Crippen LogP contribution in [0.4, 0.5) is 16.3 Å². The largest absolute Gasteiger partial charge is 0.375 e. The van der Waals surface area contributed by atoms with Crippen molar-refractivity contribution in [1.29, 1.82) is 0 Å². The van der Waals surface area contributed by atoms with Gasteiger partial charge in [0.1, 0.15) is 5.82 Å². The molecule has 2 aliphatic heterocycles. The topological polar surface area (TPSA) is 155 Å². The molecule has 3 heterocycles. The van der Waals surface area contributed by atoms with E-state index < -0.39 is 0 Å². The lowest BCUT2D eigenvalue weighted by molar-refractivity contribution is -0.121. The maximum atomic E-state index is 13.2. The number of thioether (sulfide) groups is 1. The molecule has 0 bridgehead atoms. The van der Waals surface area contributed by atoms with Gasteiger partial charge in [0, 0.05) is 59.5 Å². The number of carbonyl (C=O) groups is 4. The molecule has 0 spiro atoms. The molecule has 5 N–H and O–H groups in total. The molecule has 260 valence electrons. The molecule has 13 heteroatoms. The van der Waals surface area contributed by atoms with Crippen molar-refractivity contribution in [3.63, 3.8) is 0 Å². The standard InChI is InChI=1S/C37H41N7O5S/c1-44-32(41-35(46)25-9-3-2-4-10-25)21-29(43-44)24-15-17-27(18-16-24)39-36(47)28-12-6-5-11-26(28)22-49-20-19-38-33(45)14-8-7-13-31-34-30(23-50-31)40-37(48)42-34/h2-6,9-12,15-18,21,30-31,34H,7-8,13-14,19-20,22-23H2,1H3,(H,38,45)(H,39,47)(H,41,46)(H2,40,42,48)/t30-,31-,34-/m1/s1. The number of aromatic nitrogens is 2. The van der Waals surface area contributed by atoms with Crippen LogP contribution in [0.15, 0.2) is 84.9 Å². The van der Waals surface area contributed by atoms with Crippen LogP contribution in [-0.2, 0) is 23.2 Å². The summed E-state index contributed by atoms with van der Waals surface area (Å²) in [5, 5.41) is 19.6. The van der Waals surface area contributed by atoms with Crippen molar-refractivity contribution in [1.82, 2.24) is 25.7 Å². The Morgan fingerprint density at radius 1 is 0.940 bits per heavy atom. The monoisotopic (exact) mass is 695 g/mol. The number of rotatable bonds is 15. The van der Waals surface area contributed by atoms with Crippen molar-refractivity contribution in [3.8, 4) is 11.3 Å². The first-order valence-electron chi connectivity index (χ1n) is 16.8. The number of fused-ring (bicyclic) bond motifs is 1. The highest BCUT2D eigenvalue weighted by molar-refractivity contribution is 8.00. The number of hydrogen-bond acceptors (Lipinski definition) is 7. The van der Waals surface area contributed by atoms with Crippen LogP contribution in [0.3, 0.4) is 0 Å². The van der Waals surface area contributed by atoms with Gasteiger partial charge < -0.3 is 31.3 Å². The zero-order valence-corrected chi connectivity index (χ0v) is 28.6. The van der Waals surface area contributed by atoms with E-state index >= 15 is 0 Å². The molecule has 0 aliphatic carbocycles. The molecule has 2 aliphatic rings. The van der Waals surface area contributed by atoms with Crippen LogP contribution in [-0.4, -0.2) is 69.8 Å². The predicted octanol–water partition coefficient (Wildman–Crippen LogP) is 4.95. The van der Waals surface area contributed by atoms with E-state index in [1.807, 2.05) is 54.2 Å². The molecule has 2 fully saturated rings. The lowest BCUT2D eigenvalue weighted by atomic mass is 10.0. The summed E-state index contributed by atoms with van der Waals surface area (Å²) in [6.45, 7) is 0.938. The smallest absolute Gasteiger partial charge is 0.315 e. The van der Waals surface area contributed by atoms with Gasteiger partial charge in [-0.1, -0.05) is 55.0 Å². The van der Waals surface area contributed by atoms with Gasteiger partial charge in [-0.2, -0.15) is 16.9 Å². The molecule has 5 amide bonds. The van der Waals surface area contributed by atoms with E-state index in [1.54, 1.807) is 54.2 Å². The van der Waals surface area contributed by atoms with Crippen LogP contribution in [0, 0.1) is 0 Å². The summed E-state index contributed by atoms with van der Waals surface area (Å²) in [7, 11) is 1.77. The molecule has 1 aromatic heterocycles. The normalized spacial score (nSPS) is 17.8. The number of anilines is 2. The third-order valence-corrected chi connectivity index (χ3v) is 10.3. The second kappa shape index (κ2) is 16.5. The number of benzene rings is 3. The van der Waals surface area contributed by atoms with Crippen molar-refractivity contribution < 1.29 is 23.9 Å². The van der Waals surface area contributed by atoms with Gasteiger partial charge in [-0.05, 0) is 48.7 Å². The lowest BCUT2D eigenvalue weighted by Crippen LogP contribution is -2.36. The van der Waals surface area contributed by atoms with Crippen LogP contribution >= 0.6 is 11.8 Å². The highest BCUT2D eigenvalue weighted by atomic mass is 32.2. The number of ether oxygens (including phenoxy) is 1. The quantitative estimate of drug-likeness (QED) is 0.0871. The van der Waals surface area contributed by atoms with E-state index in [-0.39, 0.29) is 42.4 Å². The Bertz CT molecular complexity index is 1810.